The third-order valence-corrected chi connectivity index (χ3v) is 11.8. The Balaban J connectivity index is 4.28. The van der Waals surface area contributed by atoms with E-state index in [-0.39, 0.29) is 25.6 Å². The van der Waals surface area contributed by atoms with Gasteiger partial charge in [0.15, 0.2) is 6.10 Å². The highest BCUT2D eigenvalue weighted by Gasteiger charge is 2.27. The summed E-state index contributed by atoms with van der Waals surface area (Å²) in [4.78, 5) is 35.5. The number of hydrogen-bond acceptors (Lipinski definition) is 7. The van der Waals surface area contributed by atoms with Crippen molar-refractivity contribution in [3.05, 3.63) is 12.2 Å². The van der Waals surface area contributed by atoms with Gasteiger partial charge in [-0.2, -0.15) is 0 Å². The van der Waals surface area contributed by atoms with Gasteiger partial charge in [0.1, 0.15) is 19.8 Å². The van der Waals surface area contributed by atoms with E-state index in [9.17, 15) is 19.0 Å². The van der Waals surface area contributed by atoms with Gasteiger partial charge in [-0.3, -0.25) is 18.6 Å². The molecule has 0 radical (unpaired) electrons. The maximum Gasteiger partial charge on any atom is 0.472 e. The van der Waals surface area contributed by atoms with E-state index in [0.717, 1.165) is 51.4 Å². The van der Waals surface area contributed by atoms with Crippen LogP contribution in [0.15, 0.2) is 12.2 Å². The summed E-state index contributed by atoms with van der Waals surface area (Å²) in [6.07, 6.45) is 44.0. The molecule has 9 nitrogen and oxygen atoms in total. The topological polar surface area (TPSA) is 108 Å². The fourth-order valence-corrected chi connectivity index (χ4v) is 7.69. The van der Waals surface area contributed by atoms with Gasteiger partial charge in [0.2, 0.25) is 0 Å². The molecule has 0 fully saturated rings. The van der Waals surface area contributed by atoms with Crippen LogP contribution in [0.5, 0.6) is 0 Å². The molecular weight excluding hydrogens is 750 g/mol. The molecule has 0 aromatic rings. The molecule has 2 atom stereocenters. The first-order chi connectivity index (χ1) is 28.0. The Morgan fingerprint density at radius 1 is 0.517 bits per heavy atom. The number of nitrogens with zero attached hydrogens (tertiary/aromatic N) is 1. The van der Waals surface area contributed by atoms with E-state index in [0.29, 0.717) is 23.9 Å². The number of phosphoric ester groups is 1. The lowest BCUT2D eigenvalue weighted by Gasteiger charge is -2.24. The Labute approximate surface area is 358 Å². The lowest BCUT2D eigenvalue weighted by Crippen LogP contribution is -2.37. The van der Waals surface area contributed by atoms with Crippen molar-refractivity contribution in [2.75, 3.05) is 47.5 Å². The number of phosphoric acid groups is 1. The van der Waals surface area contributed by atoms with Crippen molar-refractivity contribution in [1.29, 1.82) is 0 Å². The molecule has 0 amide bonds. The monoisotopic (exact) mass is 845 g/mol. The van der Waals surface area contributed by atoms with Crippen LogP contribution in [-0.4, -0.2) is 74.9 Å². The van der Waals surface area contributed by atoms with Gasteiger partial charge in [-0.15, -0.1) is 0 Å². The number of ether oxygens (including phenoxy) is 2. The molecule has 0 aliphatic heterocycles. The van der Waals surface area contributed by atoms with E-state index in [1.54, 1.807) is 0 Å². The van der Waals surface area contributed by atoms with Gasteiger partial charge >= 0.3 is 19.8 Å². The summed E-state index contributed by atoms with van der Waals surface area (Å²) in [6, 6.07) is 0. The first kappa shape index (κ1) is 56.8. The van der Waals surface area contributed by atoms with Crippen LogP contribution >= 0.6 is 7.82 Å². The smallest absolute Gasteiger partial charge is 0.462 e. The molecule has 344 valence electrons. The minimum absolute atomic E-state index is 0.0329. The van der Waals surface area contributed by atoms with Gasteiger partial charge in [0.05, 0.1) is 27.7 Å². The van der Waals surface area contributed by atoms with E-state index in [4.69, 9.17) is 18.5 Å². The molecule has 0 aliphatic carbocycles. The SMILES string of the molecule is CCCCCCCCCCC/C=C/CCCCCCC(=O)O[C@H](COC(=O)CCCCCCCCCCCCCCCCCCC)COP(=O)(O)OCC[N+](C)(C)C. The van der Waals surface area contributed by atoms with Gasteiger partial charge in [0, 0.05) is 12.8 Å². The van der Waals surface area contributed by atoms with Gasteiger partial charge in [-0.25, -0.2) is 4.57 Å². The zero-order valence-corrected chi connectivity index (χ0v) is 39.7. The lowest BCUT2D eigenvalue weighted by molar-refractivity contribution is -0.870. The van der Waals surface area contributed by atoms with Gasteiger partial charge in [-0.1, -0.05) is 193 Å². The predicted molar refractivity (Wildman–Crippen MR) is 243 cm³/mol. The highest BCUT2D eigenvalue weighted by atomic mass is 31.2. The number of likely N-dealkylation sites (N-methyl/N-ethyl adjacent to an activating group) is 1. The number of rotatable bonds is 45. The second-order valence-electron chi connectivity index (χ2n) is 17.9. The zero-order chi connectivity index (χ0) is 42.8. The van der Waals surface area contributed by atoms with Crippen molar-refractivity contribution >= 4 is 19.8 Å². The minimum Gasteiger partial charge on any atom is -0.462 e. The number of quaternary nitrogens is 1. The van der Waals surface area contributed by atoms with Gasteiger partial charge in [0.25, 0.3) is 0 Å². The third kappa shape index (κ3) is 44.3. The molecule has 0 saturated heterocycles. The Morgan fingerprint density at radius 2 is 0.879 bits per heavy atom. The summed E-state index contributed by atoms with van der Waals surface area (Å²) in [5, 5.41) is 0. The molecule has 0 spiro atoms. The Kier molecular flexibility index (Phi) is 40.2. The van der Waals surface area contributed by atoms with Gasteiger partial charge in [-0.05, 0) is 38.5 Å². The Hall–Kier alpha value is -1.25. The maximum absolute atomic E-state index is 12.7. The summed E-state index contributed by atoms with van der Waals surface area (Å²) in [6.45, 7) is 4.45. The average Bonchev–Trinajstić information content (AvgIpc) is 3.17. The van der Waals surface area contributed by atoms with Crippen LogP contribution < -0.4 is 0 Å². The summed E-state index contributed by atoms with van der Waals surface area (Å²) < 4.78 is 34.4. The van der Waals surface area contributed by atoms with Crippen molar-refractivity contribution < 1.29 is 42.1 Å². The number of carbonyl (C=O) groups is 2. The van der Waals surface area contributed by atoms with Crippen molar-refractivity contribution in [2.45, 2.75) is 238 Å². The number of hydrogen-bond donors (Lipinski definition) is 1. The van der Waals surface area contributed by atoms with Crippen LogP contribution in [0.3, 0.4) is 0 Å². The second-order valence-corrected chi connectivity index (χ2v) is 19.3. The molecular formula is C48H95NO8P+. The van der Waals surface area contributed by atoms with Crippen molar-refractivity contribution in [1.82, 2.24) is 0 Å². The predicted octanol–water partition coefficient (Wildman–Crippen LogP) is 14.1. The van der Waals surface area contributed by atoms with Crippen LogP contribution in [0.1, 0.15) is 232 Å². The fraction of sp³-hybridized carbons (Fsp3) is 0.917. The third-order valence-electron chi connectivity index (χ3n) is 10.8. The Morgan fingerprint density at radius 3 is 1.28 bits per heavy atom. The molecule has 0 aromatic carbocycles. The second kappa shape index (κ2) is 41.1. The van der Waals surface area contributed by atoms with Crippen LogP contribution in [0.2, 0.25) is 0 Å². The van der Waals surface area contributed by atoms with Crippen LogP contribution in [-0.2, 0) is 32.7 Å². The normalized spacial score (nSPS) is 13.6. The number of carbonyl (C=O) groups excluding carboxylic acids is 2. The maximum atomic E-state index is 12.7. The van der Waals surface area contributed by atoms with E-state index in [1.165, 1.54) is 148 Å². The van der Waals surface area contributed by atoms with Crippen LogP contribution in [0.25, 0.3) is 0 Å². The molecule has 0 aromatic heterocycles. The molecule has 0 aliphatic rings. The molecule has 58 heavy (non-hydrogen) atoms. The molecule has 0 heterocycles. The summed E-state index contributed by atoms with van der Waals surface area (Å²) in [5.41, 5.74) is 0. The summed E-state index contributed by atoms with van der Waals surface area (Å²) >= 11 is 0. The van der Waals surface area contributed by atoms with Crippen LogP contribution in [0.4, 0.5) is 0 Å². The molecule has 1 N–H and O–H groups in total. The van der Waals surface area contributed by atoms with E-state index in [2.05, 4.69) is 26.0 Å². The van der Waals surface area contributed by atoms with E-state index in [1.807, 2.05) is 21.1 Å². The number of unbranched alkanes of at least 4 members (excludes halogenated alkanes) is 29. The van der Waals surface area contributed by atoms with E-state index < -0.39 is 26.5 Å². The summed E-state index contributed by atoms with van der Waals surface area (Å²) in [5.74, 6) is -0.798. The number of esters is 2. The quantitative estimate of drug-likeness (QED) is 0.0212. The Bertz CT molecular complexity index is 1000. The van der Waals surface area contributed by atoms with Crippen molar-refractivity contribution in [3.63, 3.8) is 0 Å². The molecule has 0 bridgehead atoms. The first-order valence-electron chi connectivity index (χ1n) is 24.4. The molecule has 0 saturated carbocycles. The fourth-order valence-electron chi connectivity index (χ4n) is 6.95. The highest BCUT2D eigenvalue weighted by molar-refractivity contribution is 7.47. The average molecular weight is 845 g/mol. The lowest BCUT2D eigenvalue weighted by atomic mass is 10.0. The van der Waals surface area contributed by atoms with Gasteiger partial charge < -0.3 is 18.9 Å². The summed E-state index contributed by atoms with van der Waals surface area (Å²) in [7, 11) is 1.48. The minimum atomic E-state index is -4.37. The van der Waals surface area contributed by atoms with E-state index >= 15 is 0 Å². The largest absolute Gasteiger partial charge is 0.472 e. The first-order valence-corrected chi connectivity index (χ1v) is 25.9. The molecule has 1 unspecified atom stereocenters. The standard InChI is InChI=1S/C48H94NO8P/c1-6-8-10-12-14-16-18-20-22-24-26-28-30-32-34-36-38-40-47(50)54-44-46(45-56-58(52,53)55-43-42-49(3,4)5)57-48(51)41-39-37-35-33-31-29-27-25-23-21-19-17-15-13-11-9-7-2/h27,29,46H,6-26,28,30-45H2,1-5H3/p+1/b29-27+/t46-/m1/s1. The van der Waals surface area contributed by atoms with Crippen LogP contribution in [0, 0.1) is 0 Å². The zero-order valence-electron chi connectivity index (χ0n) is 38.8. The number of allylic oxidation sites excluding steroid dienone is 2. The highest BCUT2D eigenvalue weighted by Crippen LogP contribution is 2.43. The van der Waals surface area contributed by atoms with Crippen molar-refractivity contribution in [3.8, 4) is 0 Å². The molecule has 0 rings (SSSR count). The molecule has 10 heteroatoms. The van der Waals surface area contributed by atoms with Crippen molar-refractivity contribution in [2.24, 2.45) is 0 Å².